The lowest BCUT2D eigenvalue weighted by Crippen LogP contribution is -2.39. The Labute approximate surface area is 275 Å². The quantitative estimate of drug-likeness (QED) is 0.112. The van der Waals surface area contributed by atoms with Gasteiger partial charge in [0.2, 0.25) is 11.8 Å². The maximum atomic E-state index is 12.4. The number of hydrogen-bond donors (Lipinski definition) is 3. The van der Waals surface area contributed by atoms with E-state index in [9.17, 15) is 14.7 Å². The predicted molar refractivity (Wildman–Crippen MR) is 179 cm³/mol. The summed E-state index contributed by atoms with van der Waals surface area (Å²) in [6.07, 6.45) is 0.224. The van der Waals surface area contributed by atoms with Crippen molar-refractivity contribution < 1.29 is 38.4 Å². The second-order valence-corrected chi connectivity index (χ2v) is 11.3. The predicted octanol–water partition coefficient (Wildman–Crippen LogP) is 7.01. The number of benzene rings is 4. The third-order valence-corrected chi connectivity index (χ3v) is 6.55. The molecule has 0 bridgehead atoms. The Hall–Kier alpha value is -5.38. The van der Waals surface area contributed by atoms with Crippen molar-refractivity contribution in [1.29, 1.82) is 0 Å². The Kier molecular flexibility index (Phi) is 12.7. The number of phenols is 1. The van der Waals surface area contributed by atoms with Crippen molar-refractivity contribution in [1.82, 2.24) is 10.6 Å². The molecule has 0 heterocycles. The van der Waals surface area contributed by atoms with Gasteiger partial charge in [-0.25, -0.2) is 0 Å². The van der Waals surface area contributed by atoms with Crippen molar-refractivity contribution in [3.8, 4) is 46.0 Å². The highest BCUT2D eigenvalue weighted by atomic mass is 16.5. The van der Waals surface area contributed by atoms with E-state index in [1.807, 2.05) is 64.1 Å². The first-order valence-corrected chi connectivity index (χ1v) is 15.6. The number of ether oxygens (including phenoxy) is 5. The number of phenolic OH excluding ortho intramolecular Hbond substituents is 1. The van der Waals surface area contributed by atoms with Gasteiger partial charge in [-0.1, -0.05) is 0 Å². The number of hydrogen-bond acceptors (Lipinski definition) is 8. The van der Waals surface area contributed by atoms with Gasteiger partial charge in [0.1, 0.15) is 59.2 Å². The zero-order valence-electron chi connectivity index (χ0n) is 27.1. The molecule has 0 spiro atoms. The Bertz CT molecular complexity index is 1540. The fourth-order valence-electron chi connectivity index (χ4n) is 4.30. The number of amides is 2. The molecule has 0 aromatic heterocycles. The van der Waals surface area contributed by atoms with Gasteiger partial charge in [0.25, 0.3) is 0 Å². The molecule has 0 saturated heterocycles. The highest BCUT2D eigenvalue weighted by Gasteiger charge is 2.13. The van der Waals surface area contributed by atoms with Crippen molar-refractivity contribution in [3.63, 3.8) is 0 Å². The molecule has 0 fully saturated rings. The minimum absolute atomic E-state index is 0.0575. The fraction of sp³-hybridized carbons (Fsp3) is 0.297. The highest BCUT2D eigenvalue weighted by Crippen LogP contribution is 2.27. The van der Waals surface area contributed by atoms with Crippen LogP contribution >= 0.6 is 0 Å². The summed E-state index contributed by atoms with van der Waals surface area (Å²) < 4.78 is 28.8. The molecule has 4 aromatic rings. The van der Waals surface area contributed by atoms with Crippen LogP contribution in [0, 0.1) is 0 Å². The van der Waals surface area contributed by atoms with Crippen molar-refractivity contribution >= 4 is 11.8 Å². The van der Waals surface area contributed by atoms with Crippen molar-refractivity contribution in [3.05, 3.63) is 97.1 Å². The summed E-state index contributed by atoms with van der Waals surface area (Å²) in [5.74, 6) is 4.36. The number of carbonyl (C=O) groups excluding carboxylic acids is 2. The van der Waals surface area contributed by atoms with E-state index in [1.54, 1.807) is 60.7 Å². The topological polar surface area (TPSA) is 125 Å². The third-order valence-electron chi connectivity index (χ3n) is 6.55. The third kappa shape index (κ3) is 12.5. The van der Waals surface area contributed by atoms with Gasteiger partial charge in [0, 0.05) is 12.8 Å². The van der Waals surface area contributed by atoms with Gasteiger partial charge in [0.15, 0.2) is 0 Å². The van der Waals surface area contributed by atoms with Gasteiger partial charge in [-0.2, -0.15) is 0 Å². The minimum Gasteiger partial charge on any atom is -0.508 e. The van der Waals surface area contributed by atoms with Crippen molar-refractivity contribution in [2.75, 3.05) is 13.2 Å². The van der Waals surface area contributed by atoms with Crippen LogP contribution in [0.2, 0.25) is 0 Å². The maximum absolute atomic E-state index is 12.4. The van der Waals surface area contributed by atoms with Crippen LogP contribution in [-0.4, -0.2) is 48.3 Å². The molecule has 10 nitrogen and oxygen atoms in total. The average molecular weight is 643 g/mol. The summed E-state index contributed by atoms with van der Waals surface area (Å²) in [5.41, 5.74) is 0. The lowest BCUT2D eigenvalue weighted by molar-refractivity contribution is -0.127. The summed E-state index contributed by atoms with van der Waals surface area (Å²) in [4.78, 5) is 24.8. The first kappa shape index (κ1) is 34.5. The zero-order chi connectivity index (χ0) is 33.6. The molecule has 10 heteroatoms. The second kappa shape index (κ2) is 17.4. The zero-order valence-corrected chi connectivity index (χ0v) is 27.1. The van der Waals surface area contributed by atoms with E-state index in [2.05, 4.69) is 10.6 Å². The lowest BCUT2D eigenvalue weighted by atomic mass is 10.2. The molecular formula is C37H42N2O8. The maximum Gasteiger partial charge on any atom is 0.220 e. The second-order valence-electron chi connectivity index (χ2n) is 11.3. The van der Waals surface area contributed by atoms with Gasteiger partial charge in [0.05, 0.1) is 18.2 Å². The normalized spacial score (nSPS) is 12.0. The van der Waals surface area contributed by atoms with Gasteiger partial charge in [-0.3, -0.25) is 9.59 Å². The molecule has 0 aliphatic carbocycles. The molecule has 248 valence electrons. The van der Waals surface area contributed by atoms with Crippen LogP contribution in [0.3, 0.4) is 0 Å². The molecule has 0 aliphatic heterocycles. The van der Waals surface area contributed by atoms with Crippen LogP contribution in [0.15, 0.2) is 97.1 Å². The minimum atomic E-state index is -0.257. The molecule has 2 atom stereocenters. The van der Waals surface area contributed by atoms with Crippen LogP contribution in [0.4, 0.5) is 0 Å². The Morgan fingerprint density at radius 2 is 0.851 bits per heavy atom. The summed E-state index contributed by atoms with van der Waals surface area (Å²) in [5, 5.41) is 15.1. The van der Waals surface area contributed by atoms with Crippen LogP contribution < -0.4 is 34.3 Å². The van der Waals surface area contributed by atoms with Crippen LogP contribution in [-0.2, 0) is 9.59 Å². The summed E-state index contributed by atoms with van der Waals surface area (Å²) >= 11 is 0. The van der Waals surface area contributed by atoms with Crippen LogP contribution in [0.25, 0.3) is 0 Å². The molecule has 0 unspecified atom stereocenters. The standard InChI is InChI=1S/C37H42N2O8/c1-25(2)45-31-17-19-35(20-18-31)47-34-15-11-30(12-16-34)44-24-27(4)39-37(42)22-21-36(41)38-26(3)23-43-29-9-13-33(14-10-29)46-32-7-5-28(40)6-8-32/h5-20,25-27,40H,21-24H2,1-4H3,(H,38,41)(H,39,42)/t26-,27-/m0/s1. The first-order chi connectivity index (χ1) is 22.6. The van der Waals surface area contributed by atoms with E-state index in [-0.39, 0.29) is 61.8 Å². The lowest BCUT2D eigenvalue weighted by Gasteiger charge is -2.17. The molecule has 4 rings (SSSR count). The van der Waals surface area contributed by atoms with Gasteiger partial charge < -0.3 is 39.4 Å². The Morgan fingerprint density at radius 1 is 0.532 bits per heavy atom. The monoisotopic (exact) mass is 642 g/mol. The largest absolute Gasteiger partial charge is 0.508 e. The highest BCUT2D eigenvalue weighted by molar-refractivity contribution is 5.83. The fourth-order valence-corrected chi connectivity index (χ4v) is 4.30. The molecular weight excluding hydrogens is 600 g/mol. The number of aromatic hydroxyl groups is 1. The van der Waals surface area contributed by atoms with E-state index in [0.29, 0.717) is 34.5 Å². The number of rotatable bonds is 17. The van der Waals surface area contributed by atoms with E-state index in [1.165, 1.54) is 0 Å². The smallest absolute Gasteiger partial charge is 0.220 e. The summed E-state index contributed by atoms with van der Waals surface area (Å²) in [7, 11) is 0. The number of nitrogens with one attached hydrogen (secondary N) is 2. The number of carbonyl (C=O) groups is 2. The average Bonchev–Trinajstić information content (AvgIpc) is 3.05. The van der Waals surface area contributed by atoms with E-state index >= 15 is 0 Å². The summed E-state index contributed by atoms with van der Waals surface area (Å²) in [6.45, 7) is 8.16. The molecule has 0 radical (unpaired) electrons. The first-order valence-electron chi connectivity index (χ1n) is 15.6. The molecule has 0 saturated carbocycles. The molecule has 3 N–H and O–H groups in total. The van der Waals surface area contributed by atoms with Crippen molar-refractivity contribution in [2.45, 2.75) is 58.7 Å². The van der Waals surface area contributed by atoms with Crippen molar-refractivity contribution in [2.24, 2.45) is 0 Å². The van der Waals surface area contributed by atoms with Gasteiger partial charge in [-0.15, -0.1) is 0 Å². The van der Waals surface area contributed by atoms with Gasteiger partial charge in [-0.05, 0) is 125 Å². The Balaban J connectivity index is 1.08. The van der Waals surface area contributed by atoms with Crippen LogP contribution in [0.5, 0.6) is 46.0 Å². The van der Waals surface area contributed by atoms with Gasteiger partial charge >= 0.3 is 0 Å². The molecule has 0 aliphatic rings. The molecule has 2 amide bonds. The Morgan fingerprint density at radius 3 is 1.21 bits per heavy atom. The molecule has 47 heavy (non-hydrogen) atoms. The van der Waals surface area contributed by atoms with E-state index in [0.717, 1.165) is 5.75 Å². The SMILES string of the molecule is CC(C)Oc1ccc(Oc2ccc(OC[C@H](C)NC(=O)CCC(=O)N[C@@H](C)COc3ccc(Oc4ccc(O)cc4)cc3)cc2)cc1. The molecule has 4 aromatic carbocycles. The van der Waals surface area contributed by atoms with E-state index < -0.39 is 0 Å². The van der Waals surface area contributed by atoms with E-state index in [4.69, 9.17) is 23.7 Å². The summed E-state index contributed by atoms with van der Waals surface area (Å²) in [6, 6.07) is 27.7. The van der Waals surface area contributed by atoms with Crippen LogP contribution in [0.1, 0.15) is 40.5 Å².